The number of nitrogens with one attached hydrogen (secondary N) is 1. The molecular formula is C14H22N2O4S. The average Bonchev–Trinajstić information content (AvgIpc) is 2.44. The lowest BCUT2D eigenvalue weighted by molar-refractivity contribution is -0.140. The van der Waals surface area contributed by atoms with Crippen molar-refractivity contribution in [3.8, 4) is 0 Å². The first-order valence-corrected chi connectivity index (χ1v) is 8.12. The average molecular weight is 314 g/mol. The van der Waals surface area contributed by atoms with E-state index < -0.39 is 16.2 Å². The van der Waals surface area contributed by atoms with Crippen LogP contribution >= 0.6 is 0 Å². The summed E-state index contributed by atoms with van der Waals surface area (Å²) in [7, 11) is -0.866. The van der Waals surface area contributed by atoms with Gasteiger partial charge in [-0.15, -0.1) is 0 Å². The first-order valence-electron chi connectivity index (χ1n) is 6.68. The van der Waals surface area contributed by atoms with Gasteiger partial charge in [-0.25, -0.2) is 4.72 Å². The summed E-state index contributed by atoms with van der Waals surface area (Å²) in [5, 5.41) is 0. The monoisotopic (exact) mass is 314 g/mol. The molecule has 0 radical (unpaired) electrons. The van der Waals surface area contributed by atoms with Gasteiger partial charge >= 0.3 is 5.97 Å². The normalized spacial score (nSPS) is 11.6. The third-order valence-electron chi connectivity index (χ3n) is 3.05. The molecule has 0 atom stereocenters. The molecule has 0 aliphatic rings. The number of ether oxygens (including phenoxy) is 1. The fourth-order valence-corrected chi connectivity index (χ4v) is 2.69. The van der Waals surface area contributed by atoms with Gasteiger partial charge < -0.3 is 4.74 Å². The number of methoxy groups -OCH3 is 1. The van der Waals surface area contributed by atoms with Crippen LogP contribution in [0.1, 0.15) is 17.5 Å². The number of carbonyl (C=O) groups excluding carboxylic acids is 1. The number of hydrogen-bond acceptors (Lipinski definition) is 4. The Hall–Kier alpha value is -1.44. The highest BCUT2D eigenvalue weighted by atomic mass is 32.2. The molecule has 0 amide bonds. The highest BCUT2D eigenvalue weighted by Gasteiger charge is 2.17. The molecule has 7 heteroatoms. The minimum Gasteiger partial charge on any atom is -0.469 e. The summed E-state index contributed by atoms with van der Waals surface area (Å²) < 4.78 is 32.0. The molecule has 0 spiro atoms. The minimum absolute atomic E-state index is 0.0335. The lowest BCUT2D eigenvalue weighted by atomic mass is 10.1. The van der Waals surface area contributed by atoms with E-state index in [1.54, 1.807) is 0 Å². The molecule has 1 rings (SSSR count). The summed E-state index contributed by atoms with van der Waals surface area (Å²) >= 11 is 0. The molecule has 0 heterocycles. The highest BCUT2D eigenvalue weighted by Crippen LogP contribution is 2.04. The van der Waals surface area contributed by atoms with Gasteiger partial charge in [-0.1, -0.05) is 29.8 Å². The van der Waals surface area contributed by atoms with E-state index in [1.165, 1.54) is 14.2 Å². The topological polar surface area (TPSA) is 75.7 Å². The maximum atomic E-state index is 12.0. The van der Waals surface area contributed by atoms with Gasteiger partial charge in [0, 0.05) is 20.1 Å². The van der Waals surface area contributed by atoms with E-state index >= 15 is 0 Å². The lowest BCUT2D eigenvalue weighted by Crippen LogP contribution is -2.40. The number of nitrogens with zero attached hydrogens (tertiary/aromatic N) is 1. The van der Waals surface area contributed by atoms with Crippen molar-refractivity contribution in [3.63, 3.8) is 0 Å². The Morgan fingerprint density at radius 2 is 2.10 bits per heavy atom. The summed E-state index contributed by atoms with van der Waals surface area (Å²) in [5.74, 6) is -0.434. The molecule has 0 fully saturated rings. The Bertz CT molecular complexity index is 572. The Kier molecular flexibility index (Phi) is 6.80. The molecule has 118 valence electrons. The Labute approximate surface area is 126 Å². The molecule has 0 aliphatic heterocycles. The van der Waals surface area contributed by atoms with Crippen molar-refractivity contribution in [2.24, 2.45) is 0 Å². The van der Waals surface area contributed by atoms with Crippen LogP contribution < -0.4 is 4.72 Å². The van der Waals surface area contributed by atoms with Gasteiger partial charge in [-0.05, 0) is 18.9 Å². The van der Waals surface area contributed by atoms with Crippen molar-refractivity contribution in [1.82, 2.24) is 9.03 Å². The van der Waals surface area contributed by atoms with Crippen LogP contribution in [0.4, 0.5) is 0 Å². The van der Waals surface area contributed by atoms with Crippen LogP contribution in [-0.4, -0.2) is 45.9 Å². The largest absolute Gasteiger partial charge is 0.469 e. The summed E-state index contributed by atoms with van der Waals surface area (Å²) in [5.41, 5.74) is 2.22. The van der Waals surface area contributed by atoms with E-state index in [0.717, 1.165) is 15.4 Å². The second kappa shape index (κ2) is 8.11. The predicted molar refractivity (Wildman–Crippen MR) is 81.1 cm³/mol. The van der Waals surface area contributed by atoms with E-state index in [0.29, 0.717) is 13.0 Å². The molecule has 0 aliphatic carbocycles. The van der Waals surface area contributed by atoms with Gasteiger partial charge in [0.15, 0.2) is 0 Å². The van der Waals surface area contributed by atoms with Crippen LogP contribution in [-0.2, 0) is 26.2 Å². The predicted octanol–water partition coefficient (Wildman–Crippen LogP) is 0.867. The molecular weight excluding hydrogens is 292 g/mol. The SMILES string of the molecule is COC(=O)CCN(C)S(=O)(=O)NCCc1cccc(C)c1. The number of aryl methyl sites for hydroxylation is 1. The molecule has 1 aromatic rings. The van der Waals surface area contributed by atoms with Gasteiger partial charge in [0.1, 0.15) is 0 Å². The van der Waals surface area contributed by atoms with Crippen LogP contribution in [0.2, 0.25) is 0 Å². The number of carbonyl (C=O) groups is 1. The fraction of sp³-hybridized carbons (Fsp3) is 0.500. The summed E-state index contributed by atoms with van der Waals surface area (Å²) in [6.07, 6.45) is 0.650. The van der Waals surface area contributed by atoms with Crippen LogP contribution in [0, 0.1) is 6.92 Å². The standard InChI is InChI=1S/C14H22N2O4S/c1-12-5-4-6-13(11-12)7-9-15-21(18,19)16(2)10-8-14(17)20-3/h4-6,11,15H,7-10H2,1-3H3. The smallest absolute Gasteiger partial charge is 0.306 e. The van der Waals surface area contributed by atoms with Gasteiger partial charge in [0.25, 0.3) is 10.2 Å². The second-order valence-corrected chi connectivity index (χ2v) is 6.65. The van der Waals surface area contributed by atoms with E-state index in [4.69, 9.17) is 0 Å². The summed E-state index contributed by atoms with van der Waals surface area (Å²) in [6, 6.07) is 7.92. The van der Waals surface area contributed by atoms with Crippen LogP contribution in [0.3, 0.4) is 0 Å². The molecule has 0 bridgehead atoms. The molecule has 1 aromatic carbocycles. The van der Waals surface area contributed by atoms with Crippen molar-refractivity contribution in [2.75, 3.05) is 27.2 Å². The number of benzene rings is 1. The molecule has 0 aromatic heterocycles. The molecule has 0 saturated carbocycles. The maximum absolute atomic E-state index is 12.0. The van der Waals surface area contributed by atoms with Gasteiger partial charge in [-0.3, -0.25) is 4.79 Å². The highest BCUT2D eigenvalue weighted by molar-refractivity contribution is 7.87. The molecule has 0 unspecified atom stereocenters. The van der Waals surface area contributed by atoms with E-state index in [9.17, 15) is 13.2 Å². The molecule has 6 nitrogen and oxygen atoms in total. The quantitative estimate of drug-likeness (QED) is 0.722. The molecule has 21 heavy (non-hydrogen) atoms. The summed E-state index contributed by atoms with van der Waals surface area (Å²) in [6.45, 7) is 2.40. The zero-order chi connectivity index (χ0) is 15.9. The maximum Gasteiger partial charge on any atom is 0.306 e. The summed E-state index contributed by atoms with van der Waals surface area (Å²) in [4.78, 5) is 11.0. The van der Waals surface area contributed by atoms with Crippen molar-refractivity contribution >= 4 is 16.2 Å². The number of hydrogen-bond donors (Lipinski definition) is 1. The van der Waals surface area contributed by atoms with Crippen molar-refractivity contribution in [3.05, 3.63) is 35.4 Å². The van der Waals surface area contributed by atoms with E-state index in [2.05, 4.69) is 9.46 Å². The van der Waals surface area contributed by atoms with Crippen LogP contribution in [0.15, 0.2) is 24.3 Å². The van der Waals surface area contributed by atoms with Crippen molar-refractivity contribution < 1.29 is 17.9 Å². The zero-order valence-corrected chi connectivity index (χ0v) is 13.4. The second-order valence-electron chi connectivity index (χ2n) is 4.79. The lowest BCUT2D eigenvalue weighted by Gasteiger charge is -2.17. The van der Waals surface area contributed by atoms with Crippen LogP contribution in [0.25, 0.3) is 0 Å². The minimum atomic E-state index is -3.57. The third-order valence-corrected chi connectivity index (χ3v) is 4.62. The zero-order valence-electron chi connectivity index (χ0n) is 12.6. The first-order chi connectivity index (χ1) is 9.85. The molecule has 0 saturated heterocycles. The van der Waals surface area contributed by atoms with Crippen molar-refractivity contribution in [2.45, 2.75) is 19.8 Å². The van der Waals surface area contributed by atoms with Gasteiger partial charge in [0.2, 0.25) is 0 Å². The van der Waals surface area contributed by atoms with E-state index in [1.807, 2.05) is 31.2 Å². The number of rotatable bonds is 8. The van der Waals surface area contributed by atoms with Gasteiger partial charge in [-0.2, -0.15) is 12.7 Å². The first kappa shape index (κ1) is 17.6. The Morgan fingerprint density at radius 3 is 2.71 bits per heavy atom. The molecule has 1 N–H and O–H groups in total. The fourth-order valence-electron chi connectivity index (χ4n) is 1.77. The number of esters is 1. The van der Waals surface area contributed by atoms with E-state index in [-0.39, 0.29) is 13.0 Å². The third kappa shape index (κ3) is 6.24. The Morgan fingerprint density at radius 1 is 1.38 bits per heavy atom. The van der Waals surface area contributed by atoms with Crippen molar-refractivity contribution in [1.29, 1.82) is 0 Å². The van der Waals surface area contributed by atoms with Gasteiger partial charge in [0.05, 0.1) is 13.5 Å². The van der Waals surface area contributed by atoms with Crippen LogP contribution in [0.5, 0.6) is 0 Å². The Balaban J connectivity index is 2.43.